The maximum atomic E-state index is 10.7. The van der Waals surface area contributed by atoms with Crippen LogP contribution in [-0.4, -0.2) is 11.2 Å². The van der Waals surface area contributed by atoms with Crippen LogP contribution < -0.4 is 0 Å². The average molecular weight is 249 g/mol. The van der Waals surface area contributed by atoms with E-state index in [4.69, 9.17) is 0 Å². The van der Waals surface area contributed by atoms with E-state index >= 15 is 0 Å². The second kappa shape index (κ2) is 5.61. The molecule has 0 radical (unpaired) electrons. The van der Waals surface area contributed by atoms with Gasteiger partial charge < -0.3 is 5.11 Å². The zero-order valence-electron chi connectivity index (χ0n) is 11.9. The molecule has 0 saturated heterocycles. The summed E-state index contributed by atoms with van der Waals surface area (Å²) in [6.45, 7) is 4.50. The molecule has 0 bridgehead atoms. The van der Waals surface area contributed by atoms with Crippen LogP contribution in [0.5, 0.6) is 0 Å². The number of aliphatic hydroxyl groups excluding tert-OH is 1. The number of nitriles is 1. The van der Waals surface area contributed by atoms with E-state index in [2.05, 4.69) is 19.9 Å². The van der Waals surface area contributed by atoms with Crippen LogP contribution in [-0.2, 0) is 0 Å². The Morgan fingerprint density at radius 1 is 1.28 bits per heavy atom. The number of hydrogen-bond acceptors (Lipinski definition) is 2. The summed E-state index contributed by atoms with van der Waals surface area (Å²) in [6.07, 6.45) is 8.41. The lowest BCUT2D eigenvalue weighted by Gasteiger charge is -2.37. The Kier molecular flexibility index (Phi) is 4.33. The molecule has 0 aliphatic heterocycles. The molecular formula is C16H27NO. The summed E-state index contributed by atoms with van der Waals surface area (Å²) in [5.74, 6) is 1.83. The lowest BCUT2D eigenvalue weighted by atomic mass is 9.69. The molecule has 2 aliphatic rings. The molecule has 102 valence electrons. The molecule has 2 rings (SSSR count). The van der Waals surface area contributed by atoms with Crippen molar-refractivity contribution in [2.24, 2.45) is 23.2 Å². The Labute approximate surface area is 111 Å². The molecule has 2 aliphatic carbocycles. The third-order valence-corrected chi connectivity index (χ3v) is 5.52. The third kappa shape index (κ3) is 2.57. The quantitative estimate of drug-likeness (QED) is 0.824. The average Bonchev–Trinajstić information content (AvgIpc) is 2.84. The monoisotopic (exact) mass is 249 g/mol. The van der Waals surface area contributed by atoms with Crippen molar-refractivity contribution < 1.29 is 5.11 Å². The van der Waals surface area contributed by atoms with Crippen LogP contribution in [0.1, 0.15) is 65.2 Å². The van der Waals surface area contributed by atoms with Gasteiger partial charge in [-0.25, -0.2) is 0 Å². The number of nitrogens with zero attached hydrogens (tertiary/aromatic N) is 1. The number of hydrogen-bond donors (Lipinski definition) is 1. The molecule has 3 atom stereocenters. The Balaban J connectivity index is 2.02. The maximum absolute atomic E-state index is 10.7. The maximum Gasteiger partial charge on any atom is 0.0837 e. The highest BCUT2D eigenvalue weighted by atomic mass is 16.3. The molecular weight excluding hydrogens is 222 g/mol. The van der Waals surface area contributed by atoms with Gasteiger partial charge in [0.1, 0.15) is 0 Å². The first-order valence-corrected chi connectivity index (χ1v) is 7.70. The number of aliphatic hydroxyl groups is 1. The third-order valence-electron chi connectivity index (χ3n) is 5.52. The Hall–Kier alpha value is -0.550. The fraction of sp³-hybridized carbons (Fsp3) is 0.938. The summed E-state index contributed by atoms with van der Waals surface area (Å²) in [5, 5.41) is 20.3. The molecule has 2 heteroatoms. The van der Waals surface area contributed by atoms with E-state index in [0.29, 0.717) is 11.8 Å². The Morgan fingerprint density at radius 3 is 2.44 bits per heavy atom. The van der Waals surface area contributed by atoms with Gasteiger partial charge >= 0.3 is 0 Å². The smallest absolute Gasteiger partial charge is 0.0837 e. The zero-order valence-corrected chi connectivity index (χ0v) is 11.9. The Morgan fingerprint density at radius 2 is 1.94 bits per heavy atom. The molecule has 3 unspecified atom stereocenters. The summed E-state index contributed by atoms with van der Waals surface area (Å²) in [7, 11) is 0. The van der Waals surface area contributed by atoms with Gasteiger partial charge in [-0.1, -0.05) is 33.1 Å². The minimum atomic E-state index is -0.425. The van der Waals surface area contributed by atoms with E-state index in [0.717, 1.165) is 44.4 Å². The molecule has 2 saturated carbocycles. The van der Waals surface area contributed by atoms with E-state index in [1.165, 1.54) is 12.8 Å². The standard InChI is InChI=1S/C16H27NO/c1-3-13-8-9-16(10-13,11-17)15(18)14-6-4-12(2)5-7-14/h12-15,18H,3-10H2,1-2H3. The molecule has 0 spiro atoms. The molecule has 18 heavy (non-hydrogen) atoms. The van der Waals surface area contributed by atoms with Crippen LogP contribution in [0.15, 0.2) is 0 Å². The normalized spacial score (nSPS) is 42.4. The minimum Gasteiger partial charge on any atom is -0.391 e. The molecule has 0 aromatic rings. The summed E-state index contributed by atoms with van der Waals surface area (Å²) in [6, 6.07) is 2.50. The van der Waals surface area contributed by atoms with Crippen molar-refractivity contribution in [2.75, 3.05) is 0 Å². The van der Waals surface area contributed by atoms with E-state index in [-0.39, 0.29) is 6.10 Å². The van der Waals surface area contributed by atoms with Crippen molar-refractivity contribution in [3.05, 3.63) is 0 Å². The van der Waals surface area contributed by atoms with E-state index in [1.807, 2.05) is 0 Å². The highest BCUT2D eigenvalue weighted by molar-refractivity contribution is 5.09. The van der Waals surface area contributed by atoms with Crippen LogP contribution in [0.25, 0.3) is 0 Å². The highest BCUT2D eigenvalue weighted by Gasteiger charge is 2.47. The predicted octanol–water partition coefficient (Wildman–Crippen LogP) is 3.89. The van der Waals surface area contributed by atoms with Crippen LogP contribution in [0, 0.1) is 34.5 Å². The molecule has 1 N–H and O–H groups in total. The zero-order chi connectivity index (χ0) is 13.2. The summed E-state index contributed by atoms with van der Waals surface area (Å²) in [4.78, 5) is 0. The lowest BCUT2D eigenvalue weighted by Crippen LogP contribution is -2.39. The molecule has 0 heterocycles. The van der Waals surface area contributed by atoms with Crippen LogP contribution >= 0.6 is 0 Å². The van der Waals surface area contributed by atoms with E-state index < -0.39 is 5.41 Å². The van der Waals surface area contributed by atoms with Crippen LogP contribution in [0.2, 0.25) is 0 Å². The fourth-order valence-electron chi connectivity index (χ4n) is 4.02. The molecule has 2 nitrogen and oxygen atoms in total. The predicted molar refractivity (Wildman–Crippen MR) is 72.8 cm³/mol. The van der Waals surface area contributed by atoms with Gasteiger partial charge in [-0.05, 0) is 49.9 Å². The van der Waals surface area contributed by atoms with Gasteiger partial charge in [0.25, 0.3) is 0 Å². The first-order chi connectivity index (χ1) is 8.61. The summed E-state index contributed by atoms with van der Waals surface area (Å²) >= 11 is 0. The van der Waals surface area contributed by atoms with Crippen molar-refractivity contribution in [3.8, 4) is 6.07 Å². The SMILES string of the molecule is CCC1CCC(C#N)(C(O)C2CCC(C)CC2)C1. The number of rotatable bonds is 3. The largest absolute Gasteiger partial charge is 0.391 e. The minimum absolute atomic E-state index is 0.372. The van der Waals surface area contributed by atoms with Crippen molar-refractivity contribution in [1.82, 2.24) is 0 Å². The van der Waals surface area contributed by atoms with Gasteiger partial charge in [-0.2, -0.15) is 5.26 Å². The van der Waals surface area contributed by atoms with Gasteiger partial charge in [0.15, 0.2) is 0 Å². The van der Waals surface area contributed by atoms with Gasteiger partial charge in [0, 0.05) is 0 Å². The van der Waals surface area contributed by atoms with Gasteiger partial charge in [0.2, 0.25) is 0 Å². The molecule has 0 aromatic heterocycles. The topological polar surface area (TPSA) is 44.0 Å². The first kappa shape index (κ1) is 13.9. The van der Waals surface area contributed by atoms with Crippen molar-refractivity contribution in [3.63, 3.8) is 0 Å². The molecule has 2 fully saturated rings. The highest BCUT2D eigenvalue weighted by Crippen LogP contribution is 2.49. The lowest BCUT2D eigenvalue weighted by molar-refractivity contribution is -0.00469. The van der Waals surface area contributed by atoms with E-state index in [1.54, 1.807) is 0 Å². The van der Waals surface area contributed by atoms with Crippen molar-refractivity contribution >= 4 is 0 Å². The fourth-order valence-corrected chi connectivity index (χ4v) is 4.02. The second-order valence-electron chi connectivity index (χ2n) is 6.75. The van der Waals surface area contributed by atoms with Gasteiger partial charge in [-0.3, -0.25) is 0 Å². The first-order valence-electron chi connectivity index (χ1n) is 7.70. The molecule has 0 aromatic carbocycles. The second-order valence-corrected chi connectivity index (χ2v) is 6.75. The van der Waals surface area contributed by atoms with Crippen molar-refractivity contribution in [2.45, 2.75) is 71.3 Å². The summed E-state index contributed by atoms with van der Waals surface area (Å²) in [5.41, 5.74) is -0.425. The van der Waals surface area contributed by atoms with E-state index in [9.17, 15) is 10.4 Å². The van der Waals surface area contributed by atoms with Gasteiger partial charge in [-0.15, -0.1) is 0 Å². The van der Waals surface area contributed by atoms with Crippen LogP contribution in [0.4, 0.5) is 0 Å². The Bertz CT molecular complexity index is 314. The summed E-state index contributed by atoms with van der Waals surface area (Å²) < 4.78 is 0. The molecule has 0 amide bonds. The van der Waals surface area contributed by atoms with Crippen molar-refractivity contribution in [1.29, 1.82) is 5.26 Å². The van der Waals surface area contributed by atoms with Gasteiger partial charge in [0.05, 0.1) is 17.6 Å². The van der Waals surface area contributed by atoms with Crippen LogP contribution in [0.3, 0.4) is 0 Å².